The third kappa shape index (κ3) is 2.49. The summed E-state index contributed by atoms with van der Waals surface area (Å²) < 4.78 is 10.1. The number of ether oxygens (including phenoxy) is 1. The van der Waals surface area contributed by atoms with Gasteiger partial charge in [-0.15, -0.1) is 0 Å². The molecule has 0 spiro atoms. The summed E-state index contributed by atoms with van der Waals surface area (Å²) in [7, 11) is 1.60. The van der Waals surface area contributed by atoms with Crippen LogP contribution in [-0.2, 0) is 6.54 Å². The van der Waals surface area contributed by atoms with Crippen molar-refractivity contribution in [3.63, 3.8) is 0 Å². The normalized spacial score (nSPS) is 10.1. The van der Waals surface area contributed by atoms with E-state index in [1.165, 1.54) is 0 Å². The number of rotatable bonds is 4. The average molecular weight is 238 g/mol. The van der Waals surface area contributed by atoms with E-state index in [4.69, 9.17) is 20.8 Å². The topological polar surface area (TPSA) is 34.4 Å². The Kier molecular flexibility index (Phi) is 3.37. The average Bonchev–Trinajstić information content (AvgIpc) is 2.79. The van der Waals surface area contributed by atoms with Crippen LogP contribution in [0, 0.1) is 0 Å². The molecule has 0 saturated heterocycles. The second-order valence-corrected chi connectivity index (χ2v) is 3.74. The minimum Gasteiger partial charge on any atom is -0.495 e. The van der Waals surface area contributed by atoms with Gasteiger partial charge in [0.15, 0.2) is 0 Å². The van der Waals surface area contributed by atoms with Crippen molar-refractivity contribution in [1.29, 1.82) is 0 Å². The van der Waals surface area contributed by atoms with Crippen molar-refractivity contribution in [3.05, 3.63) is 47.4 Å². The van der Waals surface area contributed by atoms with E-state index in [-0.39, 0.29) is 0 Å². The second-order valence-electron chi connectivity index (χ2n) is 3.33. The summed E-state index contributed by atoms with van der Waals surface area (Å²) in [5.74, 6) is 0.676. The molecule has 0 atom stereocenters. The van der Waals surface area contributed by atoms with E-state index in [9.17, 15) is 0 Å². The van der Waals surface area contributed by atoms with Gasteiger partial charge in [-0.3, -0.25) is 0 Å². The van der Waals surface area contributed by atoms with Crippen LogP contribution in [-0.4, -0.2) is 7.11 Å². The lowest BCUT2D eigenvalue weighted by molar-refractivity contribution is 0.415. The van der Waals surface area contributed by atoms with E-state index in [1.54, 1.807) is 19.6 Å². The van der Waals surface area contributed by atoms with Gasteiger partial charge < -0.3 is 14.5 Å². The Hall–Kier alpha value is -1.61. The quantitative estimate of drug-likeness (QED) is 0.883. The first kappa shape index (κ1) is 10.9. The van der Waals surface area contributed by atoms with Gasteiger partial charge in [0, 0.05) is 17.8 Å². The number of methoxy groups -OCH3 is 1. The van der Waals surface area contributed by atoms with Crippen molar-refractivity contribution in [2.45, 2.75) is 6.54 Å². The number of hydrogen-bond acceptors (Lipinski definition) is 3. The van der Waals surface area contributed by atoms with Crippen LogP contribution < -0.4 is 10.1 Å². The van der Waals surface area contributed by atoms with E-state index in [2.05, 4.69) is 5.32 Å². The zero-order valence-electron chi connectivity index (χ0n) is 8.87. The summed E-state index contributed by atoms with van der Waals surface area (Å²) in [6, 6.07) is 7.50. The molecule has 0 aliphatic heterocycles. The highest BCUT2D eigenvalue weighted by Crippen LogP contribution is 2.27. The number of benzene rings is 1. The number of furan rings is 1. The van der Waals surface area contributed by atoms with Crippen LogP contribution in [0.5, 0.6) is 5.75 Å². The molecule has 2 rings (SSSR count). The van der Waals surface area contributed by atoms with Crippen LogP contribution in [0.25, 0.3) is 0 Å². The summed E-state index contributed by atoms with van der Waals surface area (Å²) >= 11 is 6.01. The summed E-state index contributed by atoms with van der Waals surface area (Å²) in [6.45, 7) is 0.707. The van der Waals surface area contributed by atoms with Gasteiger partial charge in [0.1, 0.15) is 5.75 Å². The molecule has 4 heteroatoms. The van der Waals surface area contributed by atoms with E-state index in [1.807, 2.05) is 24.3 Å². The van der Waals surface area contributed by atoms with Crippen molar-refractivity contribution in [2.75, 3.05) is 12.4 Å². The lowest BCUT2D eigenvalue weighted by Gasteiger charge is -2.07. The molecule has 1 aromatic heterocycles. The fourth-order valence-corrected chi connectivity index (χ4v) is 1.63. The Bertz CT molecular complexity index is 454. The van der Waals surface area contributed by atoms with Crippen LogP contribution in [0.3, 0.4) is 0 Å². The predicted octanol–water partition coefficient (Wildman–Crippen LogP) is 3.55. The standard InChI is InChI=1S/C12H12ClNO2/c1-15-12-3-2-10(6-11(12)13)14-7-9-4-5-16-8-9/h2-6,8,14H,7H2,1H3. The molecule has 0 unspecified atom stereocenters. The van der Waals surface area contributed by atoms with Gasteiger partial charge in [-0.1, -0.05) is 11.6 Å². The fraction of sp³-hybridized carbons (Fsp3) is 0.167. The Morgan fingerprint density at radius 3 is 2.88 bits per heavy atom. The highest BCUT2D eigenvalue weighted by atomic mass is 35.5. The highest BCUT2D eigenvalue weighted by molar-refractivity contribution is 6.32. The molecule has 0 aliphatic carbocycles. The fourth-order valence-electron chi connectivity index (χ4n) is 1.37. The van der Waals surface area contributed by atoms with Crippen LogP contribution in [0.2, 0.25) is 5.02 Å². The van der Waals surface area contributed by atoms with Crippen LogP contribution in [0.4, 0.5) is 5.69 Å². The largest absolute Gasteiger partial charge is 0.495 e. The van der Waals surface area contributed by atoms with Crippen LogP contribution in [0.1, 0.15) is 5.56 Å². The molecule has 0 saturated carbocycles. The molecule has 0 bridgehead atoms. The summed E-state index contributed by atoms with van der Waals surface area (Å²) in [4.78, 5) is 0. The molecule has 16 heavy (non-hydrogen) atoms. The van der Waals surface area contributed by atoms with E-state index < -0.39 is 0 Å². The molecule has 0 fully saturated rings. The first-order chi connectivity index (χ1) is 7.79. The smallest absolute Gasteiger partial charge is 0.137 e. The van der Waals surface area contributed by atoms with Crippen molar-refractivity contribution in [3.8, 4) is 5.75 Å². The molecule has 2 aromatic rings. The first-order valence-electron chi connectivity index (χ1n) is 4.88. The highest BCUT2D eigenvalue weighted by Gasteiger charge is 2.01. The van der Waals surface area contributed by atoms with E-state index in [0.717, 1.165) is 11.3 Å². The molecule has 84 valence electrons. The minimum atomic E-state index is 0.597. The third-order valence-electron chi connectivity index (χ3n) is 2.23. The Morgan fingerprint density at radius 2 is 2.25 bits per heavy atom. The molecule has 1 heterocycles. The molecule has 3 nitrogen and oxygen atoms in total. The van der Waals surface area contributed by atoms with Crippen molar-refractivity contribution in [2.24, 2.45) is 0 Å². The van der Waals surface area contributed by atoms with Crippen LogP contribution >= 0.6 is 11.6 Å². The lowest BCUT2D eigenvalue weighted by Crippen LogP contribution is -1.98. The SMILES string of the molecule is COc1ccc(NCc2ccoc2)cc1Cl. The van der Waals surface area contributed by atoms with Crippen LogP contribution in [0.15, 0.2) is 41.2 Å². The van der Waals surface area contributed by atoms with Gasteiger partial charge in [0.05, 0.1) is 24.7 Å². The van der Waals surface area contributed by atoms with Crippen molar-refractivity contribution < 1.29 is 9.15 Å². The van der Waals surface area contributed by atoms with Gasteiger partial charge in [0.25, 0.3) is 0 Å². The number of nitrogens with one attached hydrogen (secondary N) is 1. The Balaban J connectivity index is 2.02. The summed E-state index contributed by atoms with van der Waals surface area (Å²) in [5, 5.41) is 3.84. The van der Waals surface area contributed by atoms with Crippen molar-refractivity contribution >= 4 is 17.3 Å². The van der Waals surface area contributed by atoms with Gasteiger partial charge in [-0.05, 0) is 24.3 Å². The van der Waals surface area contributed by atoms with Gasteiger partial charge in [-0.25, -0.2) is 0 Å². The zero-order chi connectivity index (χ0) is 11.4. The third-order valence-corrected chi connectivity index (χ3v) is 2.52. The molecule has 0 amide bonds. The minimum absolute atomic E-state index is 0.597. The lowest BCUT2D eigenvalue weighted by atomic mass is 10.2. The maximum atomic E-state index is 6.01. The predicted molar refractivity (Wildman–Crippen MR) is 64.0 cm³/mol. The summed E-state index contributed by atoms with van der Waals surface area (Å²) in [6.07, 6.45) is 3.36. The van der Waals surface area contributed by atoms with Gasteiger partial charge in [-0.2, -0.15) is 0 Å². The number of hydrogen-bond donors (Lipinski definition) is 1. The first-order valence-corrected chi connectivity index (χ1v) is 5.26. The molecule has 1 N–H and O–H groups in total. The number of halogens is 1. The van der Waals surface area contributed by atoms with Gasteiger partial charge >= 0.3 is 0 Å². The zero-order valence-corrected chi connectivity index (χ0v) is 9.62. The molecular formula is C12H12ClNO2. The molecule has 0 radical (unpaired) electrons. The maximum Gasteiger partial charge on any atom is 0.137 e. The van der Waals surface area contributed by atoms with Crippen molar-refractivity contribution in [1.82, 2.24) is 0 Å². The monoisotopic (exact) mass is 237 g/mol. The van der Waals surface area contributed by atoms with E-state index >= 15 is 0 Å². The molecular weight excluding hydrogens is 226 g/mol. The molecule has 0 aliphatic rings. The van der Waals surface area contributed by atoms with Gasteiger partial charge in [0.2, 0.25) is 0 Å². The molecule has 1 aromatic carbocycles. The Morgan fingerprint density at radius 1 is 1.38 bits per heavy atom. The maximum absolute atomic E-state index is 6.01. The second kappa shape index (κ2) is 4.94. The number of anilines is 1. The van der Waals surface area contributed by atoms with E-state index in [0.29, 0.717) is 17.3 Å². The summed E-state index contributed by atoms with van der Waals surface area (Å²) in [5.41, 5.74) is 2.04. The Labute approximate surface area is 99.0 Å².